The van der Waals surface area contributed by atoms with Gasteiger partial charge in [0.15, 0.2) is 0 Å². The van der Waals surface area contributed by atoms with E-state index >= 15 is 0 Å². The number of H-pyrrole nitrogens is 1. The molecule has 2 heterocycles. The first kappa shape index (κ1) is 18.9. The molecule has 0 fully saturated rings. The van der Waals surface area contributed by atoms with Crippen molar-refractivity contribution in [3.05, 3.63) is 95.0 Å². The van der Waals surface area contributed by atoms with Crippen molar-refractivity contribution >= 4 is 32.3 Å². The first-order valence-electron chi connectivity index (χ1n) is 11.2. The number of aromatic amines is 1. The summed E-state index contributed by atoms with van der Waals surface area (Å²) in [5.41, 5.74) is 8.16. The van der Waals surface area contributed by atoms with Gasteiger partial charge in [-0.2, -0.15) is 0 Å². The normalized spacial score (nSPS) is 17.1. The van der Waals surface area contributed by atoms with Crippen molar-refractivity contribution in [2.75, 3.05) is 0 Å². The van der Waals surface area contributed by atoms with Crippen LogP contribution in [-0.4, -0.2) is 4.98 Å². The number of aryl methyl sites for hydroxylation is 1. The minimum absolute atomic E-state index is 0.330. The van der Waals surface area contributed by atoms with Crippen molar-refractivity contribution in [2.24, 2.45) is 0 Å². The third-order valence-corrected chi connectivity index (χ3v) is 7.71. The predicted molar refractivity (Wildman–Crippen MR) is 133 cm³/mol. The minimum atomic E-state index is 0.330. The number of aromatic nitrogens is 1. The summed E-state index contributed by atoms with van der Waals surface area (Å²) in [5, 5.41) is 8.94. The van der Waals surface area contributed by atoms with E-state index in [2.05, 4.69) is 95.4 Å². The van der Waals surface area contributed by atoms with Gasteiger partial charge in [0.25, 0.3) is 0 Å². The van der Waals surface area contributed by atoms with E-state index in [4.69, 9.17) is 0 Å². The van der Waals surface area contributed by atoms with Gasteiger partial charge in [-0.05, 0) is 66.5 Å². The maximum Gasteiger partial charge on any atom is 0.0480 e. The molecule has 1 aliphatic carbocycles. The van der Waals surface area contributed by atoms with E-state index < -0.39 is 0 Å². The number of hydrogen-bond donors (Lipinski definition) is 2. The first-order chi connectivity index (χ1) is 15.3. The van der Waals surface area contributed by atoms with E-state index in [1.54, 1.807) is 0 Å². The summed E-state index contributed by atoms with van der Waals surface area (Å²) < 4.78 is 1.35. The number of fused-ring (bicyclic) bond motifs is 4. The van der Waals surface area contributed by atoms with Crippen molar-refractivity contribution in [3.63, 3.8) is 0 Å². The van der Waals surface area contributed by atoms with Crippen molar-refractivity contribution in [3.8, 4) is 11.1 Å². The lowest BCUT2D eigenvalue weighted by Gasteiger charge is -2.27. The molecule has 0 saturated heterocycles. The second kappa shape index (κ2) is 7.67. The molecular formula is C28H26N2S. The Bertz CT molecular complexity index is 1360. The molecule has 0 unspecified atom stereocenters. The van der Waals surface area contributed by atoms with Crippen LogP contribution in [0.4, 0.5) is 0 Å². The van der Waals surface area contributed by atoms with Crippen LogP contribution in [0.1, 0.15) is 48.7 Å². The van der Waals surface area contributed by atoms with Crippen molar-refractivity contribution in [1.29, 1.82) is 0 Å². The zero-order valence-corrected chi connectivity index (χ0v) is 18.5. The van der Waals surface area contributed by atoms with Gasteiger partial charge in [0.2, 0.25) is 0 Å². The maximum absolute atomic E-state index is 3.89. The Kier molecular flexibility index (Phi) is 4.66. The highest BCUT2D eigenvalue weighted by molar-refractivity contribution is 7.17. The van der Waals surface area contributed by atoms with Gasteiger partial charge in [-0.25, -0.2) is 0 Å². The summed E-state index contributed by atoms with van der Waals surface area (Å²) in [6.07, 6.45) is 3.56. The number of benzene rings is 3. The van der Waals surface area contributed by atoms with Crippen LogP contribution in [-0.2, 0) is 6.42 Å². The molecule has 0 saturated carbocycles. The largest absolute Gasteiger partial charge is 0.357 e. The molecule has 2 aromatic heterocycles. The van der Waals surface area contributed by atoms with Crippen LogP contribution in [0, 0.1) is 0 Å². The second-order valence-electron chi connectivity index (χ2n) is 8.67. The number of nitrogens with one attached hydrogen (secondary N) is 2. The van der Waals surface area contributed by atoms with Gasteiger partial charge in [-0.1, -0.05) is 54.6 Å². The minimum Gasteiger partial charge on any atom is -0.357 e. The Morgan fingerprint density at radius 2 is 1.81 bits per heavy atom. The molecule has 5 aromatic rings. The van der Waals surface area contributed by atoms with E-state index in [9.17, 15) is 0 Å². The third kappa shape index (κ3) is 3.29. The molecular weight excluding hydrogens is 396 g/mol. The van der Waals surface area contributed by atoms with Crippen LogP contribution in [0.5, 0.6) is 0 Å². The van der Waals surface area contributed by atoms with Gasteiger partial charge in [-0.3, -0.25) is 0 Å². The highest BCUT2D eigenvalue weighted by Crippen LogP contribution is 2.39. The second-order valence-corrected chi connectivity index (χ2v) is 9.58. The summed E-state index contributed by atoms with van der Waals surface area (Å²) in [5.74, 6) is 0. The van der Waals surface area contributed by atoms with Gasteiger partial charge in [0.1, 0.15) is 0 Å². The molecule has 1 aliphatic rings. The Balaban J connectivity index is 1.38. The molecule has 0 aliphatic heterocycles. The number of hydrogen-bond acceptors (Lipinski definition) is 2. The van der Waals surface area contributed by atoms with Crippen molar-refractivity contribution in [2.45, 2.75) is 38.3 Å². The van der Waals surface area contributed by atoms with Crippen LogP contribution in [0.15, 0.2) is 78.2 Å². The fourth-order valence-electron chi connectivity index (χ4n) is 5.14. The van der Waals surface area contributed by atoms with Crippen molar-refractivity contribution in [1.82, 2.24) is 10.3 Å². The zero-order chi connectivity index (χ0) is 20.8. The lowest BCUT2D eigenvalue weighted by molar-refractivity contribution is 0.410. The molecule has 6 rings (SSSR count). The van der Waals surface area contributed by atoms with Crippen LogP contribution >= 0.6 is 11.3 Å². The van der Waals surface area contributed by atoms with Gasteiger partial charge in [-0.15, -0.1) is 11.3 Å². The third-order valence-electron chi connectivity index (χ3n) is 6.75. The average Bonchev–Trinajstić information content (AvgIpc) is 3.41. The molecule has 0 spiro atoms. The molecule has 154 valence electrons. The number of thiophene rings is 1. The van der Waals surface area contributed by atoms with Crippen molar-refractivity contribution < 1.29 is 0 Å². The van der Waals surface area contributed by atoms with Crippen LogP contribution < -0.4 is 5.32 Å². The molecule has 31 heavy (non-hydrogen) atoms. The highest BCUT2D eigenvalue weighted by atomic mass is 32.1. The first-order valence-corrected chi connectivity index (χ1v) is 12.1. The Morgan fingerprint density at radius 3 is 2.71 bits per heavy atom. The summed E-state index contributed by atoms with van der Waals surface area (Å²) in [7, 11) is 0. The molecule has 0 amide bonds. The van der Waals surface area contributed by atoms with Gasteiger partial charge in [0, 0.05) is 44.3 Å². The van der Waals surface area contributed by atoms with Gasteiger partial charge < -0.3 is 10.3 Å². The van der Waals surface area contributed by atoms with E-state index in [0.717, 1.165) is 6.42 Å². The Labute approximate surface area is 186 Å². The monoisotopic (exact) mass is 422 g/mol. The average molecular weight is 423 g/mol. The molecule has 2 N–H and O–H groups in total. The van der Waals surface area contributed by atoms with E-state index in [1.807, 2.05) is 11.3 Å². The predicted octanol–water partition coefficient (Wildman–Crippen LogP) is 7.78. The molecule has 0 bridgehead atoms. The summed E-state index contributed by atoms with van der Waals surface area (Å²) in [6.45, 7) is 2.27. The summed E-state index contributed by atoms with van der Waals surface area (Å²) >= 11 is 1.83. The van der Waals surface area contributed by atoms with Gasteiger partial charge in [0.05, 0.1) is 0 Å². The van der Waals surface area contributed by atoms with Crippen LogP contribution in [0.25, 0.3) is 32.1 Å². The Morgan fingerprint density at radius 1 is 0.968 bits per heavy atom. The molecule has 3 aromatic carbocycles. The lowest BCUT2D eigenvalue weighted by atomic mass is 9.90. The Hall–Kier alpha value is -2.88. The smallest absolute Gasteiger partial charge is 0.0480 e. The fraction of sp³-hybridized carbons (Fsp3) is 0.214. The highest BCUT2D eigenvalue weighted by Gasteiger charge is 2.26. The van der Waals surface area contributed by atoms with Crippen LogP contribution in [0.2, 0.25) is 0 Å². The number of rotatable bonds is 4. The summed E-state index contributed by atoms with van der Waals surface area (Å²) in [6, 6.07) is 27.1. The van der Waals surface area contributed by atoms with Crippen LogP contribution in [0.3, 0.4) is 0 Å². The molecule has 3 heteroatoms. The van der Waals surface area contributed by atoms with E-state index in [-0.39, 0.29) is 0 Å². The SMILES string of the molecule is C[C@@H](N[C@@H]1CCCc2c1[nH]c1ccc(-c3csc4ccccc34)cc21)c1ccccc1. The lowest BCUT2D eigenvalue weighted by Crippen LogP contribution is -2.27. The van der Waals surface area contributed by atoms with Gasteiger partial charge >= 0.3 is 0 Å². The van der Waals surface area contributed by atoms with E-state index in [0.29, 0.717) is 12.1 Å². The maximum atomic E-state index is 3.89. The standard InChI is InChI=1S/C28H26N2S/c1-18(19-8-3-2-4-9-19)29-26-12-7-11-22-23-16-20(14-15-25(23)30-28(22)26)24-17-31-27-13-6-5-10-21(24)27/h2-6,8-10,13-18,26,29-30H,7,11-12H2,1H3/t18-,26-/m1/s1. The molecule has 2 nitrogen and oxygen atoms in total. The topological polar surface area (TPSA) is 27.8 Å². The fourth-order valence-corrected chi connectivity index (χ4v) is 6.11. The quantitative estimate of drug-likeness (QED) is 0.304. The summed E-state index contributed by atoms with van der Waals surface area (Å²) in [4.78, 5) is 3.77. The molecule has 0 radical (unpaired) electrons. The van der Waals surface area contributed by atoms with E-state index in [1.165, 1.54) is 61.8 Å². The zero-order valence-electron chi connectivity index (χ0n) is 17.7. The molecule has 2 atom stereocenters.